The summed E-state index contributed by atoms with van der Waals surface area (Å²) in [6.45, 7) is 4.14. The van der Waals surface area contributed by atoms with Crippen LogP contribution in [0.4, 0.5) is 5.69 Å². The van der Waals surface area contributed by atoms with Crippen LogP contribution in [-0.4, -0.2) is 44.0 Å². The second-order valence-corrected chi connectivity index (χ2v) is 7.41. The number of hydrogen-bond donors (Lipinski definition) is 2. The zero-order valence-corrected chi connectivity index (χ0v) is 17.9. The van der Waals surface area contributed by atoms with Gasteiger partial charge < -0.3 is 20.3 Å². The van der Waals surface area contributed by atoms with Crippen LogP contribution in [0.3, 0.4) is 0 Å². The summed E-state index contributed by atoms with van der Waals surface area (Å²) in [5, 5.41) is 6.21. The zero-order chi connectivity index (χ0) is 19.6. The third-order valence-electron chi connectivity index (χ3n) is 5.28. The summed E-state index contributed by atoms with van der Waals surface area (Å²) in [5.74, 6) is 2.45. The number of carbonyl (C=O) groups excluding carboxylic acids is 1. The van der Waals surface area contributed by atoms with E-state index in [1.54, 1.807) is 0 Å². The Morgan fingerprint density at radius 3 is 2.34 bits per heavy atom. The maximum absolute atomic E-state index is 12.3. The summed E-state index contributed by atoms with van der Waals surface area (Å²) < 4.78 is 5.77. The van der Waals surface area contributed by atoms with Crippen LogP contribution < -0.4 is 15.4 Å². The third kappa shape index (κ3) is 8.05. The molecule has 0 bridgehead atoms. The number of carbonyl (C=O) groups is 1. The van der Waals surface area contributed by atoms with Gasteiger partial charge in [0.1, 0.15) is 11.5 Å². The lowest BCUT2D eigenvalue weighted by Gasteiger charge is -2.31. The predicted octanol–water partition coefficient (Wildman–Crippen LogP) is 4.55. The molecular weight excluding hydrogens is 386 g/mol. The highest BCUT2D eigenvalue weighted by atomic mass is 35.5. The summed E-state index contributed by atoms with van der Waals surface area (Å²) in [6.07, 6.45) is 4.27. The molecule has 1 fully saturated rings. The summed E-state index contributed by atoms with van der Waals surface area (Å²) >= 11 is 0. The fourth-order valence-corrected chi connectivity index (χ4v) is 3.56. The summed E-state index contributed by atoms with van der Waals surface area (Å²) in [4.78, 5) is 14.7. The molecule has 2 aromatic carbocycles. The number of piperidine rings is 1. The van der Waals surface area contributed by atoms with Gasteiger partial charge in [-0.05, 0) is 88.3 Å². The Kier molecular flexibility index (Phi) is 9.98. The minimum Gasteiger partial charge on any atom is -0.457 e. The maximum atomic E-state index is 12.3. The van der Waals surface area contributed by atoms with Crippen LogP contribution in [0.5, 0.6) is 11.5 Å². The number of rotatable bonds is 9. The van der Waals surface area contributed by atoms with Crippen LogP contribution in [0.2, 0.25) is 0 Å². The lowest BCUT2D eigenvalue weighted by Crippen LogP contribution is -2.36. The van der Waals surface area contributed by atoms with Crippen molar-refractivity contribution >= 4 is 24.0 Å². The van der Waals surface area contributed by atoms with Gasteiger partial charge in [0.2, 0.25) is 5.91 Å². The normalized spacial score (nSPS) is 14.8. The molecule has 1 aliphatic rings. The molecule has 1 amide bonds. The van der Waals surface area contributed by atoms with Gasteiger partial charge in [-0.25, -0.2) is 0 Å². The van der Waals surface area contributed by atoms with Crippen LogP contribution in [0, 0.1) is 5.92 Å². The smallest absolute Gasteiger partial charge is 0.225 e. The van der Waals surface area contributed by atoms with Gasteiger partial charge >= 0.3 is 0 Å². The standard InChI is InChI=1S/C23H31N3O2.ClH/c1-24-15-11-19-12-16-26(17-13-19)18-14-23(27)25-20-7-9-22(10-8-20)28-21-5-3-2-4-6-21;/h2-10,19,24H,11-18H2,1H3,(H,25,27);1H. The third-order valence-corrected chi connectivity index (χ3v) is 5.28. The Balaban J connectivity index is 0.00000300. The number of halogens is 1. The van der Waals surface area contributed by atoms with E-state index in [1.807, 2.05) is 61.6 Å². The molecule has 0 unspecified atom stereocenters. The number of amides is 1. The quantitative estimate of drug-likeness (QED) is 0.628. The number of ether oxygens (including phenoxy) is 1. The number of benzene rings is 2. The highest BCUT2D eigenvalue weighted by molar-refractivity contribution is 5.90. The Morgan fingerprint density at radius 1 is 1.03 bits per heavy atom. The summed E-state index contributed by atoms with van der Waals surface area (Å²) in [5.41, 5.74) is 0.802. The van der Waals surface area contributed by atoms with Crippen LogP contribution in [0.1, 0.15) is 25.7 Å². The van der Waals surface area contributed by atoms with Gasteiger partial charge in [-0.3, -0.25) is 4.79 Å². The van der Waals surface area contributed by atoms with Crippen molar-refractivity contribution in [3.8, 4) is 11.5 Å². The fraction of sp³-hybridized carbons (Fsp3) is 0.435. The SMILES string of the molecule is CNCCC1CCN(CCC(=O)Nc2ccc(Oc3ccccc3)cc2)CC1.Cl. The second kappa shape index (κ2) is 12.5. The van der Waals surface area contributed by atoms with Gasteiger partial charge in [-0.1, -0.05) is 18.2 Å². The zero-order valence-electron chi connectivity index (χ0n) is 17.1. The molecule has 0 aromatic heterocycles. The Hall–Kier alpha value is -2.08. The molecule has 0 spiro atoms. The molecule has 0 atom stereocenters. The largest absolute Gasteiger partial charge is 0.457 e. The molecule has 6 heteroatoms. The fourth-order valence-electron chi connectivity index (χ4n) is 3.56. The molecule has 1 saturated heterocycles. The first-order valence-corrected chi connectivity index (χ1v) is 10.2. The van der Waals surface area contributed by atoms with E-state index in [0.29, 0.717) is 6.42 Å². The average molecular weight is 418 g/mol. The molecule has 29 heavy (non-hydrogen) atoms. The highest BCUT2D eigenvalue weighted by Gasteiger charge is 2.19. The molecule has 2 aromatic rings. The Morgan fingerprint density at radius 2 is 1.69 bits per heavy atom. The predicted molar refractivity (Wildman–Crippen MR) is 121 cm³/mol. The molecule has 0 radical (unpaired) electrons. The summed E-state index contributed by atoms with van der Waals surface area (Å²) in [7, 11) is 2.01. The lowest BCUT2D eigenvalue weighted by molar-refractivity contribution is -0.116. The average Bonchev–Trinajstić information content (AvgIpc) is 2.74. The van der Waals surface area contributed by atoms with E-state index in [-0.39, 0.29) is 18.3 Å². The van der Waals surface area contributed by atoms with Gasteiger partial charge in [0.05, 0.1) is 0 Å². The van der Waals surface area contributed by atoms with Crippen molar-refractivity contribution in [3.63, 3.8) is 0 Å². The molecule has 158 valence electrons. The number of nitrogens with zero attached hydrogens (tertiary/aromatic N) is 1. The topological polar surface area (TPSA) is 53.6 Å². The molecular formula is C23H32ClN3O2. The van der Waals surface area contributed by atoms with Gasteiger partial charge in [0.15, 0.2) is 0 Å². The maximum Gasteiger partial charge on any atom is 0.225 e. The van der Waals surface area contributed by atoms with E-state index in [2.05, 4.69) is 15.5 Å². The van der Waals surface area contributed by atoms with E-state index in [0.717, 1.165) is 49.3 Å². The summed E-state index contributed by atoms with van der Waals surface area (Å²) in [6, 6.07) is 17.2. The first-order chi connectivity index (χ1) is 13.7. The van der Waals surface area contributed by atoms with Crippen LogP contribution >= 0.6 is 12.4 Å². The van der Waals surface area contributed by atoms with Crippen molar-refractivity contribution in [2.75, 3.05) is 38.5 Å². The van der Waals surface area contributed by atoms with E-state index in [9.17, 15) is 4.79 Å². The van der Waals surface area contributed by atoms with Gasteiger partial charge in [0, 0.05) is 18.7 Å². The van der Waals surface area contributed by atoms with Crippen molar-refractivity contribution in [1.82, 2.24) is 10.2 Å². The van der Waals surface area contributed by atoms with Gasteiger partial charge in [0.25, 0.3) is 0 Å². The van der Waals surface area contributed by atoms with Gasteiger partial charge in [-0.15, -0.1) is 12.4 Å². The van der Waals surface area contributed by atoms with E-state index < -0.39 is 0 Å². The molecule has 2 N–H and O–H groups in total. The van der Waals surface area contributed by atoms with E-state index >= 15 is 0 Å². The first-order valence-electron chi connectivity index (χ1n) is 10.2. The molecule has 0 aliphatic carbocycles. The molecule has 0 saturated carbocycles. The molecule has 1 aliphatic heterocycles. The number of para-hydroxylation sites is 1. The van der Waals surface area contributed by atoms with Crippen molar-refractivity contribution in [2.45, 2.75) is 25.7 Å². The number of hydrogen-bond acceptors (Lipinski definition) is 4. The first kappa shape index (κ1) is 23.2. The number of nitrogens with one attached hydrogen (secondary N) is 2. The van der Waals surface area contributed by atoms with Crippen LogP contribution in [0.15, 0.2) is 54.6 Å². The minimum absolute atomic E-state index is 0. The number of anilines is 1. The number of likely N-dealkylation sites (tertiary alicyclic amines) is 1. The Labute approximate surface area is 180 Å². The van der Waals surface area contributed by atoms with Gasteiger partial charge in [-0.2, -0.15) is 0 Å². The second-order valence-electron chi connectivity index (χ2n) is 7.41. The van der Waals surface area contributed by atoms with E-state index in [1.165, 1.54) is 19.3 Å². The molecule has 5 nitrogen and oxygen atoms in total. The monoisotopic (exact) mass is 417 g/mol. The van der Waals surface area contributed by atoms with Crippen LogP contribution in [0.25, 0.3) is 0 Å². The lowest BCUT2D eigenvalue weighted by atomic mass is 9.93. The highest BCUT2D eigenvalue weighted by Crippen LogP contribution is 2.23. The minimum atomic E-state index is 0. The molecule has 1 heterocycles. The van der Waals surface area contributed by atoms with Crippen molar-refractivity contribution in [3.05, 3.63) is 54.6 Å². The van der Waals surface area contributed by atoms with Crippen LogP contribution in [-0.2, 0) is 4.79 Å². The molecule has 3 rings (SSSR count). The van der Waals surface area contributed by atoms with Crippen molar-refractivity contribution < 1.29 is 9.53 Å². The van der Waals surface area contributed by atoms with E-state index in [4.69, 9.17) is 4.74 Å². The van der Waals surface area contributed by atoms with Crippen molar-refractivity contribution in [2.24, 2.45) is 5.92 Å². The Bertz CT molecular complexity index is 717. The van der Waals surface area contributed by atoms with Crippen molar-refractivity contribution in [1.29, 1.82) is 0 Å².